The van der Waals surface area contributed by atoms with E-state index in [9.17, 15) is 4.79 Å². The number of rotatable bonds is 5. The second-order valence-corrected chi connectivity index (χ2v) is 5.76. The molecular weight excluding hydrogens is 278 g/mol. The van der Waals surface area contributed by atoms with Crippen LogP contribution >= 0.6 is 0 Å². The molecule has 6 nitrogen and oxygen atoms in total. The molecule has 0 radical (unpaired) electrons. The van der Waals surface area contributed by atoms with Crippen LogP contribution in [0.15, 0.2) is 24.7 Å². The molecule has 0 aliphatic carbocycles. The largest absolute Gasteiger partial charge is 0.347 e. The highest BCUT2D eigenvalue weighted by atomic mass is 16.2. The van der Waals surface area contributed by atoms with Crippen LogP contribution in [0.2, 0.25) is 0 Å². The van der Waals surface area contributed by atoms with E-state index in [4.69, 9.17) is 0 Å². The number of nitrogens with zero attached hydrogens (tertiary/aromatic N) is 4. The SMILES string of the molecule is CCC(CC)n1nccc1C(=O)N1CCCC1c1ncc[nH]1. The Hall–Kier alpha value is -2.11. The molecule has 118 valence electrons. The van der Waals surface area contributed by atoms with Gasteiger partial charge in [-0.3, -0.25) is 9.48 Å². The fourth-order valence-electron chi connectivity index (χ4n) is 3.31. The maximum atomic E-state index is 13.0. The van der Waals surface area contributed by atoms with Gasteiger partial charge in [-0.25, -0.2) is 4.98 Å². The third-order valence-electron chi connectivity index (χ3n) is 4.53. The van der Waals surface area contributed by atoms with E-state index in [-0.39, 0.29) is 18.0 Å². The lowest BCUT2D eigenvalue weighted by Gasteiger charge is -2.25. The van der Waals surface area contributed by atoms with E-state index in [1.807, 2.05) is 21.8 Å². The Labute approximate surface area is 130 Å². The average molecular weight is 301 g/mol. The van der Waals surface area contributed by atoms with E-state index < -0.39 is 0 Å². The minimum absolute atomic E-state index is 0.0487. The van der Waals surface area contributed by atoms with Crippen LogP contribution in [-0.4, -0.2) is 37.1 Å². The molecule has 1 aliphatic heterocycles. The Kier molecular flexibility index (Phi) is 4.27. The summed E-state index contributed by atoms with van der Waals surface area (Å²) < 4.78 is 1.89. The number of nitrogens with one attached hydrogen (secondary N) is 1. The van der Waals surface area contributed by atoms with Gasteiger partial charge in [-0.2, -0.15) is 5.10 Å². The first kappa shape index (κ1) is 14.8. The molecule has 3 heterocycles. The van der Waals surface area contributed by atoms with Crippen LogP contribution in [0.1, 0.15) is 67.9 Å². The summed E-state index contributed by atoms with van der Waals surface area (Å²) in [5.41, 5.74) is 0.687. The van der Waals surface area contributed by atoms with E-state index in [1.165, 1.54) is 0 Å². The fourth-order valence-corrected chi connectivity index (χ4v) is 3.31. The molecule has 3 rings (SSSR count). The molecule has 2 aromatic heterocycles. The lowest BCUT2D eigenvalue weighted by Crippen LogP contribution is -2.33. The van der Waals surface area contributed by atoms with Crippen LogP contribution in [0, 0.1) is 0 Å². The van der Waals surface area contributed by atoms with Crippen molar-refractivity contribution in [3.63, 3.8) is 0 Å². The Bertz CT molecular complexity index is 614. The summed E-state index contributed by atoms with van der Waals surface area (Å²) in [7, 11) is 0. The third kappa shape index (κ3) is 2.53. The molecular formula is C16H23N5O. The fraction of sp³-hybridized carbons (Fsp3) is 0.562. The zero-order valence-corrected chi connectivity index (χ0v) is 13.2. The molecule has 0 saturated carbocycles. The number of hydrogen-bond acceptors (Lipinski definition) is 3. The van der Waals surface area contributed by atoms with Crippen molar-refractivity contribution in [1.29, 1.82) is 0 Å². The first-order chi connectivity index (χ1) is 10.8. The number of hydrogen-bond donors (Lipinski definition) is 1. The van der Waals surface area contributed by atoms with Crippen LogP contribution in [0.5, 0.6) is 0 Å². The van der Waals surface area contributed by atoms with Gasteiger partial charge in [-0.05, 0) is 31.7 Å². The van der Waals surface area contributed by atoms with Crippen molar-refractivity contribution in [3.05, 3.63) is 36.2 Å². The van der Waals surface area contributed by atoms with Gasteiger partial charge >= 0.3 is 0 Å². The van der Waals surface area contributed by atoms with Crippen molar-refractivity contribution in [2.45, 2.75) is 51.6 Å². The van der Waals surface area contributed by atoms with Crippen LogP contribution in [0.25, 0.3) is 0 Å². The summed E-state index contributed by atoms with van der Waals surface area (Å²) in [6.45, 7) is 5.04. The van der Waals surface area contributed by atoms with Gasteiger partial charge < -0.3 is 9.88 Å². The topological polar surface area (TPSA) is 66.8 Å². The predicted molar refractivity (Wildman–Crippen MR) is 83.4 cm³/mol. The molecule has 1 aliphatic rings. The van der Waals surface area contributed by atoms with E-state index in [1.54, 1.807) is 12.4 Å². The molecule has 0 bridgehead atoms. The Morgan fingerprint density at radius 3 is 2.91 bits per heavy atom. The smallest absolute Gasteiger partial charge is 0.272 e. The summed E-state index contributed by atoms with van der Waals surface area (Å²) in [5, 5.41) is 4.38. The molecule has 1 fully saturated rings. The van der Waals surface area contributed by atoms with Gasteiger partial charge in [0.15, 0.2) is 0 Å². The predicted octanol–water partition coefficient (Wildman–Crippen LogP) is 2.94. The maximum absolute atomic E-state index is 13.0. The number of aromatic amines is 1. The second-order valence-electron chi connectivity index (χ2n) is 5.76. The minimum Gasteiger partial charge on any atom is -0.347 e. The van der Waals surface area contributed by atoms with Gasteiger partial charge in [0.1, 0.15) is 11.5 Å². The van der Waals surface area contributed by atoms with Crippen molar-refractivity contribution in [2.75, 3.05) is 6.54 Å². The van der Waals surface area contributed by atoms with E-state index in [0.717, 1.165) is 38.1 Å². The highest BCUT2D eigenvalue weighted by molar-refractivity contribution is 5.93. The molecule has 0 spiro atoms. The van der Waals surface area contributed by atoms with Gasteiger partial charge in [0.25, 0.3) is 5.91 Å². The maximum Gasteiger partial charge on any atom is 0.272 e. The number of aromatic nitrogens is 4. The minimum atomic E-state index is 0.0487. The van der Waals surface area contributed by atoms with Gasteiger partial charge in [0.05, 0.1) is 12.1 Å². The Balaban J connectivity index is 1.86. The van der Waals surface area contributed by atoms with Crippen LogP contribution < -0.4 is 0 Å². The molecule has 1 unspecified atom stereocenters. The summed E-state index contributed by atoms with van der Waals surface area (Å²) in [6, 6.07) is 2.16. The first-order valence-corrected chi connectivity index (χ1v) is 8.10. The quantitative estimate of drug-likeness (QED) is 0.923. The molecule has 22 heavy (non-hydrogen) atoms. The van der Waals surface area contributed by atoms with Gasteiger partial charge in [0.2, 0.25) is 0 Å². The van der Waals surface area contributed by atoms with Crippen molar-refractivity contribution < 1.29 is 4.79 Å². The molecule has 6 heteroatoms. The van der Waals surface area contributed by atoms with Crippen molar-refractivity contribution in [2.24, 2.45) is 0 Å². The van der Waals surface area contributed by atoms with Gasteiger partial charge in [-0.1, -0.05) is 13.8 Å². The molecule has 2 aromatic rings. The van der Waals surface area contributed by atoms with Crippen LogP contribution in [0.4, 0.5) is 0 Å². The third-order valence-corrected chi connectivity index (χ3v) is 4.53. The molecule has 1 atom stereocenters. The zero-order valence-electron chi connectivity index (χ0n) is 13.2. The van der Waals surface area contributed by atoms with Crippen molar-refractivity contribution >= 4 is 5.91 Å². The monoisotopic (exact) mass is 301 g/mol. The first-order valence-electron chi connectivity index (χ1n) is 8.10. The number of amides is 1. The van der Waals surface area contributed by atoms with Crippen LogP contribution in [-0.2, 0) is 0 Å². The Morgan fingerprint density at radius 1 is 1.41 bits per heavy atom. The normalized spacial score (nSPS) is 18.3. The van der Waals surface area contributed by atoms with E-state index in [2.05, 4.69) is 28.9 Å². The molecule has 1 amide bonds. The van der Waals surface area contributed by atoms with Gasteiger partial charge in [-0.15, -0.1) is 0 Å². The summed E-state index contributed by atoms with van der Waals surface area (Å²) in [4.78, 5) is 22.4. The lowest BCUT2D eigenvalue weighted by atomic mass is 10.1. The highest BCUT2D eigenvalue weighted by Gasteiger charge is 2.33. The van der Waals surface area contributed by atoms with Gasteiger partial charge in [0, 0.05) is 25.1 Å². The summed E-state index contributed by atoms with van der Waals surface area (Å²) >= 11 is 0. The number of carbonyl (C=O) groups is 1. The van der Waals surface area contributed by atoms with Crippen molar-refractivity contribution in [1.82, 2.24) is 24.6 Å². The second kappa shape index (κ2) is 6.34. The standard InChI is InChI=1S/C16H23N5O/c1-3-12(4-2)21-14(7-8-19-21)16(22)20-11-5-6-13(20)15-17-9-10-18-15/h7-10,12-13H,3-6,11H2,1-2H3,(H,17,18). The lowest BCUT2D eigenvalue weighted by molar-refractivity contribution is 0.0714. The number of carbonyl (C=O) groups excluding carboxylic acids is 1. The summed E-state index contributed by atoms with van der Waals surface area (Å²) in [5.74, 6) is 0.933. The average Bonchev–Trinajstić information content (AvgIpc) is 3.27. The number of H-pyrrole nitrogens is 1. The van der Waals surface area contributed by atoms with Crippen molar-refractivity contribution in [3.8, 4) is 0 Å². The summed E-state index contributed by atoms with van der Waals surface area (Å²) in [6.07, 6.45) is 9.19. The number of imidazole rings is 1. The van der Waals surface area contributed by atoms with E-state index >= 15 is 0 Å². The van der Waals surface area contributed by atoms with E-state index in [0.29, 0.717) is 5.69 Å². The molecule has 1 saturated heterocycles. The molecule has 1 N–H and O–H groups in total. The Morgan fingerprint density at radius 2 is 2.23 bits per heavy atom. The number of likely N-dealkylation sites (tertiary alicyclic amines) is 1. The van der Waals surface area contributed by atoms with Crippen LogP contribution in [0.3, 0.4) is 0 Å². The highest BCUT2D eigenvalue weighted by Crippen LogP contribution is 2.31. The zero-order chi connectivity index (χ0) is 15.5. The molecule has 0 aromatic carbocycles.